The number of aryl methyl sites for hydroxylation is 1. The molecule has 1 amide bonds. The van der Waals surface area contributed by atoms with Crippen LogP contribution in [0.2, 0.25) is 0 Å². The lowest BCUT2D eigenvalue weighted by Crippen LogP contribution is -2.11. The Morgan fingerprint density at radius 3 is 2.42 bits per heavy atom. The topological polar surface area (TPSA) is 48.0 Å². The van der Waals surface area contributed by atoms with E-state index < -0.39 is 5.91 Å². The summed E-state index contributed by atoms with van der Waals surface area (Å²) in [5, 5.41) is 1.80. The van der Waals surface area contributed by atoms with Crippen LogP contribution in [0.4, 0.5) is 0 Å². The van der Waals surface area contributed by atoms with E-state index in [1.165, 1.54) is 11.1 Å². The third-order valence-corrected chi connectivity index (χ3v) is 5.91. The lowest BCUT2D eigenvalue weighted by Gasteiger charge is -2.10. The predicted molar refractivity (Wildman–Crippen MR) is 127 cm³/mol. The van der Waals surface area contributed by atoms with Gasteiger partial charge in [-0.1, -0.05) is 67.6 Å². The first-order chi connectivity index (χ1) is 15.2. The number of fused-ring (bicyclic) bond motifs is 3. The summed E-state index contributed by atoms with van der Waals surface area (Å²) >= 11 is 0. The van der Waals surface area contributed by atoms with E-state index >= 15 is 0 Å². The highest BCUT2D eigenvalue weighted by atomic mass is 16.1. The highest BCUT2D eigenvalue weighted by molar-refractivity contribution is 6.18. The number of aromatic nitrogens is 1. The highest BCUT2D eigenvalue weighted by Crippen LogP contribution is 2.34. The Bertz CT molecular complexity index is 1410. The third kappa shape index (κ3) is 3.38. The quantitative estimate of drug-likeness (QED) is 0.386. The minimum atomic E-state index is -0.418. The summed E-state index contributed by atoms with van der Waals surface area (Å²) in [6, 6.07) is 32.4. The van der Waals surface area contributed by atoms with Crippen molar-refractivity contribution >= 4 is 27.7 Å². The molecule has 5 aromatic rings. The van der Waals surface area contributed by atoms with Gasteiger partial charge in [-0.05, 0) is 59.0 Å². The van der Waals surface area contributed by atoms with Crippen molar-refractivity contribution in [3.63, 3.8) is 0 Å². The minimum Gasteiger partial charge on any atom is -0.366 e. The number of hydrogen-bond donors (Lipinski definition) is 1. The molecule has 5 rings (SSSR count). The summed E-state index contributed by atoms with van der Waals surface area (Å²) in [5.74, 6) is -0.418. The van der Waals surface area contributed by atoms with Crippen molar-refractivity contribution in [2.45, 2.75) is 19.9 Å². The van der Waals surface area contributed by atoms with Gasteiger partial charge in [0, 0.05) is 22.9 Å². The fraction of sp³-hybridized carbons (Fsp3) is 0.107. The average Bonchev–Trinajstić information content (AvgIpc) is 3.12. The molecular formula is C28H23N2O. The van der Waals surface area contributed by atoms with Crippen LogP contribution in [-0.4, -0.2) is 10.5 Å². The molecule has 0 bridgehead atoms. The summed E-state index contributed by atoms with van der Waals surface area (Å²) in [7, 11) is 0. The van der Waals surface area contributed by atoms with Gasteiger partial charge < -0.3 is 10.3 Å². The first-order valence-corrected chi connectivity index (χ1v) is 10.6. The molecule has 3 heteroatoms. The van der Waals surface area contributed by atoms with Gasteiger partial charge in [0.05, 0.1) is 11.0 Å². The fourth-order valence-corrected chi connectivity index (χ4v) is 4.36. The predicted octanol–water partition coefficient (Wildman–Crippen LogP) is 5.97. The lowest BCUT2D eigenvalue weighted by atomic mass is 10.0. The number of carbonyl (C=O) groups excluding carboxylic acids is 1. The van der Waals surface area contributed by atoms with Crippen LogP contribution in [0.5, 0.6) is 0 Å². The van der Waals surface area contributed by atoms with Gasteiger partial charge in [0.2, 0.25) is 5.91 Å². The standard InChI is InChI=1S/C28H23N2O/c1-2-19-8-6-9-20(16-19)18-30-25-13-7-12-24(28(29)31)27(25)23-15-14-22(17-26(23)30)21-10-4-3-5-11-21/h3-14,16-17H,2,18H2,1H3,(H2,29,31). The Balaban J connectivity index is 1.79. The van der Waals surface area contributed by atoms with Crippen LogP contribution in [0.15, 0.2) is 84.9 Å². The first-order valence-electron chi connectivity index (χ1n) is 10.6. The number of benzene rings is 4. The number of hydrogen-bond acceptors (Lipinski definition) is 1. The second-order valence-electron chi connectivity index (χ2n) is 7.84. The summed E-state index contributed by atoms with van der Waals surface area (Å²) in [6.07, 6.45) is 0.999. The van der Waals surface area contributed by atoms with Crippen molar-refractivity contribution < 1.29 is 4.79 Å². The summed E-state index contributed by atoms with van der Waals surface area (Å²) in [4.78, 5) is 12.2. The van der Waals surface area contributed by atoms with Gasteiger partial charge in [0.15, 0.2) is 0 Å². The normalized spacial score (nSPS) is 11.3. The minimum absolute atomic E-state index is 0.418. The zero-order valence-electron chi connectivity index (χ0n) is 17.4. The van der Waals surface area contributed by atoms with E-state index in [0.717, 1.165) is 39.4 Å². The molecule has 31 heavy (non-hydrogen) atoms. The summed E-state index contributed by atoms with van der Waals surface area (Å²) in [6.45, 7) is 2.88. The zero-order chi connectivity index (χ0) is 21.4. The van der Waals surface area contributed by atoms with E-state index in [-0.39, 0.29) is 0 Å². The van der Waals surface area contributed by atoms with Gasteiger partial charge in [0.25, 0.3) is 0 Å². The van der Waals surface area contributed by atoms with Crippen LogP contribution < -0.4 is 5.73 Å². The molecule has 0 spiro atoms. The van der Waals surface area contributed by atoms with E-state index in [2.05, 4.69) is 66.1 Å². The first kappa shape index (κ1) is 19.1. The molecule has 0 aliphatic heterocycles. The monoisotopic (exact) mass is 403 g/mol. The van der Waals surface area contributed by atoms with Crippen molar-refractivity contribution in [1.82, 2.24) is 4.57 Å². The molecule has 2 N–H and O–H groups in total. The van der Waals surface area contributed by atoms with Crippen molar-refractivity contribution in [2.24, 2.45) is 5.73 Å². The van der Waals surface area contributed by atoms with E-state index in [0.29, 0.717) is 12.1 Å². The molecule has 1 aromatic heterocycles. The Kier molecular flexibility index (Phi) is 4.79. The maximum Gasteiger partial charge on any atom is 0.249 e. The van der Waals surface area contributed by atoms with Crippen LogP contribution in [0, 0.1) is 6.07 Å². The van der Waals surface area contributed by atoms with Crippen LogP contribution in [-0.2, 0) is 13.0 Å². The molecule has 1 radical (unpaired) electrons. The van der Waals surface area contributed by atoms with E-state index in [1.807, 2.05) is 30.3 Å². The maximum atomic E-state index is 12.2. The van der Waals surface area contributed by atoms with Crippen LogP contribution >= 0.6 is 0 Å². The molecule has 0 fully saturated rings. The molecular weight excluding hydrogens is 380 g/mol. The number of amides is 1. The molecule has 4 aromatic carbocycles. The second-order valence-corrected chi connectivity index (χ2v) is 7.84. The van der Waals surface area contributed by atoms with E-state index in [9.17, 15) is 4.79 Å². The maximum absolute atomic E-state index is 12.2. The van der Waals surface area contributed by atoms with Gasteiger partial charge in [-0.25, -0.2) is 0 Å². The summed E-state index contributed by atoms with van der Waals surface area (Å²) in [5.41, 5.74) is 13.1. The lowest BCUT2D eigenvalue weighted by molar-refractivity contribution is 0.100. The van der Waals surface area contributed by atoms with Crippen molar-refractivity contribution in [2.75, 3.05) is 0 Å². The zero-order valence-corrected chi connectivity index (χ0v) is 17.4. The molecule has 0 unspecified atom stereocenters. The molecule has 151 valence electrons. The number of rotatable bonds is 5. The Labute approximate surface area is 181 Å². The SMILES string of the molecule is CCc1cccc(Cn2c3cc(-c4ccccc4)c[c]c3c3c(C(N)=O)cccc32)c1. The van der Waals surface area contributed by atoms with Crippen LogP contribution in [0.3, 0.4) is 0 Å². The second kappa shape index (κ2) is 7.77. The molecule has 3 nitrogen and oxygen atoms in total. The Morgan fingerprint density at radius 2 is 1.65 bits per heavy atom. The summed E-state index contributed by atoms with van der Waals surface area (Å²) < 4.78 is 2.27. The largest absolute Gasteiger partial charge is 0.366 e. The van der Waals surface area contributed by atoms with Gasteiger partial charge in [-0.15, -0.1) is 0 Å². The number of carbonyl (C=O) groups is 1. The van der Waals surface area contributed by atoms with Gasteiger partial charge in [-0.2, -0.15) is 0 Å². The molecule has 0 saturated heterocycles. The van der Waals surface area contributed by atoms with Crippen molar-refractivity contribution in [1.29, 1.82) is 0 Å². The number of nitrogens with zero attached hydrogens (tertiary/aromatic N) is 1. The van der Waals surface area contributed by atoms with Gasteiger partial charge >= 0.3 is 0 Å². The molecule has 1 heterocycles. The molecule has 0 aliphatic carbocycles. The molecule has 0 saturated carbocycles. The highest BCUT2D eigenvalue weighted by Gasteiger charge is 2.17. The van der Waals surface area contributed by atoms with E-state index in [1.54, 1.807) is 6.07 Å². The van der Waals surface area contributed by atoms with Crippen molar-refractivity contribution in [3.8, 4) is 11.1 Å². The molecule has 0 aliphatic rings. The van der Waals surface area contributed by atoms with Crippen molar-refractivity contribution in [3.05, 3.63) is 108 Å². The van der Waals surface area contributed by atoms with Gasteiger partial charge in [0.1, 0.15) is 0 Å². The number of nitrogens with two attached hydrogens (primary N) is 1. The third-order valence-electron chi connectivity index (χ3n) is 5.91. The van der Waals surface area contributed by atoms with Crippen LogP contribution in [0.25, 0.3) is 32.9 Å². The Hall–Kier alpha value is -3.85. The van der Waals surface area contributed by atoms with Crippen LogP contribution in [0.1, 0.15) is 28.4 Å². The average molecular weight is 404 g/mol. The number of primary amides is 1. The fourth-order valence-electron chi connectivity index (χ4n) is 4.36. The Morgan fingerprint density at radius 1 is 0.871 bits per heavy atom. The smallest absolute Gasteiger partial charge is 0.249 e. The van der Waals surface area contributed by atoms with Gasteiger partial charge in [-0.3, -0.25) is 4.79 Å². The van der Waals surface area contributed by atoms with E-state index in [4.69, 9.17) is 5.73 Å². The molecule has 0 atom stereocenters.